The number of carbonyl (C=O) groups excluding carboxylic acids is 2. The molecule has 0 unspecified atom stereocenters. The van der Waals surface area contributed by atoms with Gasteiger partial charge >= 0.3 is 5.97 Å². The fourth-order valence-electron chi connectivity index (χ4n) is 2.95. The Morgan fingerprint density at radius 1 is 1.22 bits per heavy atom. The summed E-state index contributed by atoms with van der Waals surface area (Å²) in [5.74, 6) is 0.278. The second-order valence-electron chi connectivity index (χ2n) is 6.44. The standard InChI is InChI=1S/C18H24ClNO3/c1-11-5-4-6-16(12(11)2)20-17(21)13(3)23-18(22)14-7-9-15(19)10-8-14/h7-13,16H,4-6H2,1-3H3,(H,20,21)/t11-,12+,13+,16+/m0/s1. The fourth-order valence-corrected chi connectivity index (χ4v) is 3.08. The van der Waals surface area contributed by atoms with Crippen molar-refractivity contribution in [2.45, 2.75) is 52.2 Å². The molecule has 23 heavy (non-hydrogen) atoms. The molecule has 0 aliphatic heterocycles. The van der Waals surface area contributed by atoms with E-state index in [1.165, 1.54) is 6.42 Å². The first-order chi connectivity index (χ1) is 10.9. The lowest BCUT2D eigenvalue weighted by Crippen LogP contribution is -2.47. The topological polar surface area (TPSA) is 55.4 Å². The Labute approximate surface area is 142 Å². The zero-order chi connectivity index (χ0) is 17.0. The van der Waals surface area contributed by atoms with Gasteiger partial charge in [-0.05, 0) is 49.4 Å². The average Bonchev–Trinajstić information content (AvgIpc) is 2.52. The quantitative estimate of drug-likeness (QED) is 0.849. The summed E-state index contributed by atoms with van der Waals surface area (Å²) < 4.78 is 5.25. The minimum absolute atomic E-state index is 0.155. The number of rotatable bonds is 4. The molecule has 1 saturated carbocycles. The smallest absolute Gasteiger partial charge is 0.338 e. The number of ether oxygens (including phenoxy) is 1. The van der Waals surface area contributed by atoms with E-state index in [-0.39, 0.29) is 11.9 Å². The largest absolute Gasteiger partial charge is 0.449 e. The first-order valence-corrected chi connectivity index (χ1v) is 8.53. The van der Waals surface area contributed by atoms with Crippen LogP contribution in [0.25, 0.3) is 0 Å². The zero-order valence-electron chi connectivity index (χ0n) is 13.8. The van der Waals surface area contributed by atoms with Crippen LogP contribution in [0.15, 0.2) is 24.3 Å². The number of benzene rings is 1. The highest BCUT2D eigenvalue weighted by molar-refractivity contribution is 6.30. The van der Waals surface area contributed by atoms with E-state index < -0.39 is 12.1 Å². The summed E-state index contributed by atoms with van der Waals surface area (Å²) in [6, 6.07) is 6.56. The molecule has 4 nitrogen and oxygen atoms in total. The Morgan fingerprint density at radius 3 is 2.52 bits per heavy atom. The van der Waals surface area contributed by atoms with Crippen LogP contribution in [0.4, 0.5) is 0 Å². The molecule has 1 amide bonds. The van der Waals surface area contributed by atoms with Crippen LogP contribution in [0.1, 0.15) is 50.4 Å². The summed E-state index contributed by atoms with van der Waals surface area (Å²) in [5.41, 5.74) is 0.383. The van der Waals surface area contributed by atoms with Gasteiger partial charge in [-0.3, -0.25) is 4.79 Å². The van der Waals surface area contributed by atoms with Gasteiger partial charge in [0.2, 0.25) is 0 Å². The van der Waals surface area contributed by atoms with E-state index >= 15 is 0 Å². The summed E-state index contributed by atoms with van der Waals surface area (Å²) in [6.07, 6.45) is 2.49. The van der Waals surface area contributed by atoms with Gasteiger partial charge in [0.25, 0.3) is 5.91 Å². The maximum atomic E-state index is 12.3. The number of hydrogen-bond acceptors (Lipinski definition) is 3. The first-order valence-electron chi connectivity index (χ1n) is 8.15. The third-order valence-electron chi connectivity index (χ3n) is 4.77. The Morgan fingerprint density at radius 2 is 1.87 bits per heavy atom. The summed E-state index contributed by atoms with van der Waals surface area (Å²) in [7, 11) is 0. The molecule has 1 aliphatic rings. The molecule has 0 saturated heterocycles. The molecular weight excluding hydrogens is 314 g/mol. The predicted octanol–water partition coefficient (Wildman–Crippen LogP) is 3.83. The highest BCUT2D eigenvalue weighted by atomic mass is 35.5. The number of amides is 1. The second kappa shape index (κ2) is 7.82. The lowest BCUT2D eigenvalue weighted by molar-refractivity contribution is -0.130. The van der Waals surface area contributed by atoms with Crippen LogP contribution in [0.2, 0.25) is 5.02 Å². The molecule has 0 heterocycles. The molecule has 1 aromatic carbocycles. The SMILES string of the molecule is C[C@@H]1[C@@H](C)CCC[C@H]1NC(=O)[C@@H](C)OC(=O)c1ccc(Cl)cc1. The van der Waals surface area contributed by atoms with Gasteiger partial charge < -0.3 is 10.1 Å². The van der Waals surface area contributed by atoms with Gasteiger partial charge in [0.1, 0.15) is 0 Å². The number of esters is 1. The van der Waals surface area contributed by atoms with E-state index in [4.69, 9.17) is 16.3 Å². The van der Waals surface area contributed by atoms with E-state index in [1.807, 2.05) is 0 Å². The van der Waals surface area contributed by atoms with E-state index in [9.17, 15) is 9.59 Å². The van der Waals surface area contributed by atoms with Crippen LogP contribution < -0.4 is 5.32 Å². The van der Waals surface area contributed by atoms with Gasteiger partial charge in [0.05, 0.1) is 5.56 Å². The Bertz CT molecular complexity index is 558. The average molecular weight is 338 g/mol. The van der Waals surface area contributed by atoms with Crippen LogP contribution in [0, 0.1) is 11.8 Å². The van der Waals surface area contributed by atoms with Crippen LogP contribution in [-0.2, 0) is 9.53 Å². The van der Waals surface area contributed by atoms with Crippen molar-refractivity contribution in [1.82, 2.24) is 5.32 Å². The normalized spacial score (nSPS) is 25.5. The molecular formula is C18H24ClNO3. The van der Waals surface area contributed by atoms with E-state index in [1.54, 1.807) is 31.2 Å². The minimum Gasteiger partial charge on any atom is -0.449 e. The summed E-state index contributed by atoms with van der Waals surface area (Å²) >= 11 is 5.79. The maximum absolute atomic E-state index is 12.3. The van der Waals surface area contributed by atoms with Crippen molar-refractivity contribution in [1.29, 1.82) is 0 Å². The maximum Gasteiger partial charge on any atom is 0.338 e. The Kier molecular flexibility index (Phi) is 6.05. The molecule has 0 radical (unpaired) electrons. The fraction of sp³-hybridized carbons (Fsp3) is 0.556. The van der Waals surface area contributed by atoms with Crippen molar-refractivity contribution >= 4 is 23.5 Å². The third-order valence-corrected chi connectivity index (χ3v) is 5.02. The number of halogens is 1. The zero-order valence-corrected chi connectivity index (χ0v) is 14.6. The number of carbonyl (C=O) groups is 2. The van der Waals surface area contributed by atoms with Gasteiger partial charge in [-0.2, -0.15) is 0 Å². The molecule has 1 aromatic rings. The van der Waals surface area contributed by atoms with E-state index in [2.05, 4.69) is 19.2 Å². The van der Waals surface area contributed by atoms with Crippen molar-refractivity contribution < 1.29 is 14.3 Å². The molecule has 126 valence electrons. The van der Waals surface area contributed by atoms with Crippen molar-refractivity contribution in [3.63, 3.8) is 0 Å². The number of hydrogen-bond donors (Lipinski definition) is 1. The van der Waals surface area contributed by atoms with Gasteiger partial charge in [0, 0.05) is 11.1 Å². The molecule has 2 rings (SSSR count). The second-order valence-corrected chi connectivity index (χ2v) is 6.87. The van der Waals surface area contributed by atoms with E-state index in [0.717, 1.165) is 12.8 Å². The van der Waals surface area contributed by atoms with Crippen LogP contribution in [0.3, 0.4) is 0 Å². The van der Waals surface area contributed by atoms with Crippen LogP contribution >= 0.6 is 11.6 Å². The number of nitrogens with one attached hydrogen (secondary N) is 1. The van der Waals surface area contributed by atoms with Crippen LogP contribution in [0.5, 0.6) is 0 Å². The highest BCUT2D eigenvalue weighted by Crippen LogP contribution is 2.29. The molecule has 1 aliphatic carbocycles. The summed E-state index contributed by atoms with van der Waals surface area (Å²) in [4.78, 5) is 24.3. The highest BCUT2D eigenvalue weighted by Gasteiger charge is 2.30. The molecule has 4 atom stereocenters. The van der Waals surface area contributed by atoms with Crippen molar-refractivity contribution in [3.8, 4) is 0 Å². The Balaban J connectivity index is 1.89. The lowest BCUT2D eigenvalue weighted by atomic mass is 9.78. The molecule has 0 spiro atoms. The molecule has 0 bridgehead atoms. The predicted molar refractivity (Wildman–Crippen MR) is 90.4 cm³/mol. The Hall–Kier alpha value is -1.55. The van der Waals surface area contributed by atoms with Gasteiger partial charge in [-0.15, -0.1) is 0 Å². The lowest BCUT2D eigenvalue weighted by Gasteiger charge is -2.35. The molecule has 1 N–H and O–H groups in total. The van der Waals surface area contributed by atoms with E-state index in [0.29, 0.717) is 22.4 Å². The summed E-state index contributed by atoms with van der Waals surface area (Å²) in [6.45, 7) is 5.98. The van der Waals surface area contributed by atoms with Crippen LogP contribution in [-0.4, -0.2) is 24.0 Å². The first kappa shape index (κ1) is 17.8. The molecule has 1 fully saturated rings. The minimum atomic E-state index is -0.817. The molecule has 0 aromatic heterocycles. The molecule has 5 heteroatoms. The van der Waals surface area contributed by atoms with Gasteiger partial charge in [-0.25, -0.2) is 4.79 Å². The van der Waals surface area contributed by atoms with Gasteiger partial charge in [0.15, 0.2) is 6.10 Å². The van der Waals surface area contributed by atoms with Crippen molar-refractivity contribution in [2.75, 3.05) is 0 Å². The van der Waals surface area contributed by atoms with Crippen molar-refractivity contribution in [3.05, 3.63) is 34.9 Å². The third kappa shape index (κ3) is 4.71. The monoisotopic (exact) mass is 337 g/mol. The summed E-state index contributed by atoms with van der Waals surface area (Å²) in [5, 5.41) is 3.58. The van der Waals surface area contributed by atoms with Gasteiger partial charge in [-0.1, -0.05) is 38.3 Å². The van der Waals surface area contributed by atoms with Crippen molar-refractivity contribution in [2.24, 2.45) is 11.8 Å².